The van der Waals surface area contributed by atoms with Gasteiger partial charge < -0.3 is 5.32 Å². The van der Waals surface area contributed by atoms with Crippen LogP contribution in [0.1, 0.15) is 24.2 Å². The normalized spacial score (nSPS) is 16.8. The standard InChI is InChI=1S/C10H12FN/c1-7(11)9-3-2-8-4-5-12-10(8)6-9/h2-3,6-7,12H,4-5H2,1H3. The third-order valence-electron chi connectivity index (χ3n) is 2.30. The Labute approximate surface area is 71.6 Å². The Balaban J connectivity index is 2.39. The van der Waals surface area contributed by atoms with Crippen LogP contribution in [-0.2, 0) is 6.42 Å². The van der Waals surface area contributed by atoms with E-state index in [0.29, 0.717) is 0 Å². The SMILES string of the molecule is CC(F)c1ccc2c(c1)NCC2. The van der Waals surface area contributed by atoms with Crippen molar-refractivity contribution in [2.75, 3.05) is 11.9 Å². The molecule has 1 atom stereocenters. The van der Waals surface area contributed by atoms with Gasteiger partial charge in [-0.05, 0) is 30.5 Å². The lowest BCUT2D eigenvalue weighted by atomic mass is 10.1. The second-order valence-electron chi connectivity index (χ2n) is 3.21. The van der Waals surface area contributed by atoms with Gasteiger partial charge in [0, 0.05) is 12.2 Å². The Bertz CT molecular complexity index is 294. The minimum atomic E-state index is -0.863. The van der Waals surface area contributed by atoms with E-state index in [4.69, 9.17) is 0 Å². The maximum Gasteiger partial charge on any atom is 0.122 e. The topological polar surface area (TPSA) is 12.0 Å². The molecule has 1 unspecified atom stereocenters. The van der Waals surface area contributed by atoms with Gasteiger partial charge in [0.25, 0.3) is 0 Å². The zero-order valence-electron chi connectivity index (χ0n) is 7.10. The molecule has 0 fully saturated rings. The molecular formula is C10H12FN. The van der Waals surface area contributed by atoms with E-state index in [9.17, 15) is 4.39 Å². The summed E-state index contributed by atoms with van der Waals surface area (Å²) in [5, 5.41) is 3.23. The molecule has 0 spiro atoms. The molecule has 1 N–H and O–H groups in total. The van der Waals surface area contributed by atoms with Crippen molar-refractivity contribution in [2.24, 2.45) is 0 Å². The van der Waals surface area contributed by atoms with E-state index in [1.54, 1.807) is 6.92 Å². The third-order valence-corrected chi connectivity index (χ3v) is 2.30. The number of hydrogen-bond donors (Lipinski definition) is 1. The van der Waals surface area contributed by atoms with E-state index < -0.39 is 6.17 Å². The molecule has 0 radical (unpaired) electrons. The minimum absolute atomic E-state index is 0.767. The first kappa shape index (κ1) is 7.59. The summed E-state index contributed by atoms with van der Waals surface area (Å²) >= 11 is 0. The molecule has 0 saturated heterocycles. The number of rotatable bonds is 1. The molecule has 0 amide bonds. The third kappa shape index (κ3) is 1.17. The Kier molecular flexibility index (Phi) is 1.75. The predicted octanol–water partition coefficient (Wildman–Crippen LogP) is 2.69. The van der Waals surface area contributed by atoms with Crippen molar-refractivity contribution in [1.29, 1.82) is 0 Å². The molecule has 1 nitrogen and oxygen atoms in total. The van der Waals surface area contributed by atoms with Crippen LogP contribution >= 0.6 is 0 Å². The number of anilines is 1. The summed E-state index contributed by atoms with van der Waals surface area (Å²) in [6, 6.07) is 5.80. The van der Waals surface area contributed by atoms with Crippen LogP contribution in [0.5, 0.6) is 0 Å². The van der Waals surface area contributed by atoms with Gasteiger partial charge in [-0.15, -0.1) is 0 Å². The van der Waals surface area contributed by atoms with E-state index in [-0.39, 0.29) is 0 Å². The zero-order chi connectivity index (χ0) is 8.55. The van der Waals surface area contributed by atoms with Crippen molar-refractivity contribution in [1.82, 2.24) is 0 Å². The molecule has 0 bridgehead atoms. The van der Waals surface area contributed by atoms with Crippen LogP contribution < -0.4 is 5.32 Å². The van der Waals surface area contributed by atoms with Gasteiger partial charge in [0.2, 0.25) is 0 Å². The molecule has 1 aromatic rings. The number of hydrogen-bond acceptors (Lipinski definition) is 1. The molecule has 12 heavy (non-hydrogen) atoms. The van der Waals surface area contributed by atoms with E-state index in [2.05, 4.69) is 5.32 Å². The lowest BCUT2D eigenvalue weighted by Crippen LogP contribution is -1.92. The fourth-order valence-corrected chi connectivity index (χ4v) is 1.56. The first-order valence-corrected chi connectivity index (χ1v) is 4.28. The van der Waals surface area contributed by atoms with Gasteiger partial charge in [0.05, 0.1) is 0 Å². The van der Waals surface area contributed by atoms with Crippen molar-refractivity contribution in [3.05, 3.63) is 29.3 Å². The monoisotopic (exact) mass is 165 g/mol. The quantitative estimate of drug-likeness (QED) is 0.674. The highest BCUT2D eigenvalue weighted by atomic mass is 19.1. The lowest BCUT2D eigenvalue weighted by Gasteiger charge is -2.05. The van der Waals surface area contributed by atoms with E-state index in [1.807, 2.05) is 18.2 Å². The van der Waals surface area contributed by atoms with Crippen molar-refractivity contribution < 1.29 is 4.39 Å². The molecule has 1 aromatic carbocycles. The van der Waals surface area contributed by atoms with Crippen molar-refractivity contribution in [3.63, 3.8) is 0 Å². The van der Waals surface area contributed by atoms with Gasteiger partial charge in [-0.3, -0.25) is 0 Å². The molecule has 0 saturated carbocycles. The summed E-state index contributed by atoms with van der Waals surface area (Å²) in [5.41, 5.74) is 3.18. The molecule has 1 heterocycles. The summed E-state index contributed by atoms with van der Waals surface area (Å²) < 4.78 is 12.9. The molecule has 1 aliphatic rings. The predicted molar refractivity (Wildman–Crippen MR) is 48.2 cm³/mol. The van der Waals surface area contributed by atoms with Crippen LogP contribution in [0.25, 0.3) is 0 Å². The summed E-state index contributed by atoms with van der Waals surface area (Å²) in [6.45, 7) is 2.55. The van der Waals surface area contributed by atoms with Gasteiger partial charge in [-0.1, -0.05) is 12.1 Å². The smallest absolute Gasteiger partial charge is 0.122 e. The highest BCUT2D eigenvalue weighted by molar-refractivity contribution is 5.57. The number of nitrogens with one attached hydrogen (secondary N) is 1. The number of fused-ring (bicyclic) bond motifs is 1. The molecule has 2 heteroatoms. The second kappa shape index (κ2) is 2.77. The van der Waals surface area contributed by atoms with Gasteiger partial charge in [0.15, 0.2) is 0 Å². The Morgan fingerprint density at radius 2 is 2.33 bits per heavy atom. The van der Waals surface area contributed by atoms with Gasteiger partial charge >= 0.3 is 0 Å². The van der Waals surface area contributed by atoms with Crippen molar-refractivity contribution in [3.8, 4) is 0 Å². The summed E-state index contributed by atoms with van der Waals surface area (Å²) in [4.78, 5) is 0. The van der Waals surface area contributed by atoms with Crippen LogP contribution in [0, 0.1) is 0 Å². The Morgan fingerprint density at radius 3 is 3.08 bits per heavy atom. The minimum Gasteiger partial charge on any atom is -0.384 e. The molecular weight excluding hydrogens is 153 g/mol. The summed E-state index contributed by atoms with van der Waals surface area (Å²) in [5.74, 6) is 0. The van der Waals surface area contributed by atoms with E-state index in [1.165, 1.54) is 5.56 Å². The second-order valence-corrected chi connectivity index (χ2v) is 3.21. The molecule has 0 aromatic heterocycles. The van der Waals surface area contributed by atoms with Gasteiger partial charge in [-0.2, -0.15) is 0 Å². The maximum absolute atomic E-state index is 12.9. The Hall–Kier alpha value is -1.05. The van der Waals surface area contributed by atoms with Gasteiger partial charge in [-0.25, -0.2) is 4.39 Å². The summed E-state index contributed by atoms with van der Waals surface area (Å²) in [6.07, 6.45) is 0.203. The van der Waals surface area contributed by atoms with Crippen molar-refractivity contribution >= 4 is 5.69 Å². The van der Waals surface area contributed by atoms with E-state index >= 15 is 0 Å². The number of alkyl halides is 1. The first-order chi connectivity index (χ1) is 5.77. The first-order valence-electron chi connectivity index (χ1n) is 4.28. The molecule has 2 rings (SSSR count). The van der Waals surface area contributed by atoms with E-state index in [0.717, 1.165) is 24.2 Å². The average molecular weight is 165 g/mol. The highest BCUT2D eigenvalue weighted by Gasteiger charge is 2.11. The number of benzene rings is 1. The van der Waals surface area contributed by atoms with Crippen molar-refractivity contribution in [2.45, 2.75) is 19.5 Å². The van der Waals surface area contributed by atoms with Crippen LogP contribution in [0.15, 0.2) is 18.2 Å². The fourth-order valence-electron chi connectivity index (χ4n) is 1.56. The lowest BCUT2D eigenvalue weighted by molar-refractivity contribution is 0.374. The number of halogens is 1. The van der Waals surface area contributed by atoms with Crippen LogP contribution in [0.3, 0.4) is 0 Å². The fraction of sp³-hybridized carbons (Fsp3) is 0.400. The molecule has 0 aliphatic carbocycles. The molecule has 1 aliphatic heterocycles. The van der Waals surface area contributed by atoms with Crippen LogP contribution in [0.4, 0.5) is 10.1 Å². The summed E-state index contributed by atoms with van der Waals surface area (Å²) in [7, 11) is 0. The van der Waals surface area contributed by atoms with Crippen LogP contribution in [-0.4, -0.2) is 6.54 Å². The average Bonchev–Trinajstić information content (AvgIpc) is 2.49. The van der Waals surface area contributed by atoms with Gasteiger partial charge in [0.1, 0.15) is 6.17 Å². The molecule has 64 valence electrons. The largest absolute Gasteiger partial charge is 0.384 e. The maximum atomic E-state index is 12.9. The highest BCUT2D eigenvalue weighted by Crippen LogP contribution is 2.27. The zero-order valence-corrected chi connectivity index (χ0v) is 7.10. The van der Waals surface area contributed by atoms with Crippen LogP contribution in [0.2, 0.25) is 0 Å². The Morgan fingerprint density at radius 1 is 1.50 bits per heavy atom.